The molecule has 1 aromatic heterocycles. The van der Waals surface area contributed by atoms with Crippen molar-refractivity contribution in [2.45, 2.75) is 0 Å². The molecule has 0 N–H and O–H groups in total. The van der Waals surface area contributed by atoms with Gasteiger partial charge in [0.15, 0.2) is 0 Å². The van der Waals surface area contributed by atoms with Gasteiger partial charge in [-0.1, -0.05) is 23.2 Å². The standard InChI is InChI=1S/C11H4Br2Cl2FNO/c12-6-2-8(15)9(16)3-10(6)18-11-7(13)1-5(14)4-17-11/h1-4H. The Morgan fingerprint density at radius 1 is 1.11 bits per heavy atom. The van der Waals surface area contributed by atoms with Gasteiger partial charge >= 0.3 is 0 Å². The number of benzene rings is 1. The molecular formula is C11H4Br2Cl2FNO. The van der Waals surface area contributed by atoms with E-state index in [9.17, 15) is 4.39 Å². The van der Waals surface area contributed by atoms with Gasteiger partial charge in [0, 0.05) is 12.3 Å². The summed E-state index contributed by atoms with van der Waals surface area (Å²) >= 11 is 17.9. The van der Waals surface area contributed by atoms with Gasteiger partial charge in [0.2, 0.25) is 5.88 Å². The number of aromatic nitrogens is 1. The van der Waals surface area contributed by atoms with Crippen LogP contribution < -0.4 is 4.74 Å². The molecule has 0 saturated carbocycles. The van der Waals surface area contributed by atoms with Crippen LogP contribution >= 0.6 is 55.1 Å². The van der Waals surface area contributed by atoms with Crippen molar-refractivity contribution in [1.82, 2.24) is 4.98 Å². The van der Waals surface area contributed by atoms with Gasteiger partial charge in [-0.25, -0.2) is 9.37 Å². The first-order chi connectivity index (χ1) is 8.47. The van der Waals surface area contributed by atoms with E-state index in [0.29, 0.717) is 14.0 Å². The van der Waals surface area contributed by atoms with Crippen LogP contribution in [-0.2, 0) is 0 Å². The van der Waals surface area contributed by atoms with Crippen molar-refractivity contribution in [1.29, 1.82) is 0 Å². The lowest BCUT2D eigenvalue weighted by molar-refractivity contribution is 0.452. The Hall–Kier alpha value is -0.360. The molecule has 7 heteroatoms. The molecule has 2 nitrogen and oxygen atoms in total. The maximum atomic E-state index is 13.3. The fraction of sp³-hybridized carbons (Fsp3) is 0. The minimum atomic E-state index is -0.569. The fourth-order valence-electron chi connectivity index (χ4n) is 1.16. The zero-order valence-corrected chi connectivity index (χ0v) is 13.2. The van der Waals surface area contributed by atoms with Gasteiger partial charge < -0.3 is 4.74 Å². The Morgan fingerprint density at radius 3 is 2.50 bits per heavy atom. The van der Waals surface area contributed by atoms with Crippen LogP contribution in [-0.4, -0.2) is 4.98 Å². The quantitative estimate of drug-likeness (QED) is 0.574. The molecule has 0 aliphatic carbocycles. The minimum Gasteiger partial charge on any atom is -0.437 e. The van der Waals surface area contributed by atoms with E-state index in [-0.39, 0.29) is 16.7 Å². The number of pyridine rings is 1. The number of hydrogen-bond donors (Lipinski definition) is 0. The lowest BCUT2D eigenvalue weighted by Gasteiger charge is -2.09. The van der Waals surface area contributed by atoms with Crippen molar-refractivity contribution >= 4 is 55.1 Å². The molecule has 1 aromatic carbocycles. The topological polar surface area (TPSA) is 22.1 Å². The highest BCUT2D eigenvalue weighted by Crippen LogP contribution is 2.35. The summed E-state index contributed by atoms with van der Waals surface area (Å²) in [4.78, 5) is 3.99. The summed E-state index contributed by atoms with van der Waals surface area (Å²) < 4.78 is 19.9. The summed E-state index contributed by atoms with van der Waals surface area (Å²) in [5.74, 6) is -0.0193. The van der Waals surface area contributed by atoms with E-state index in [1.165, 1.54) is 18.3 Å². The molecule has 0 unspecified atom stereocenters. The monoisotopic (exact) mass is 413 g/mol. The Bertz CT molecular complexity index is 610. The third-order valence-electron chi connectivity index (χ3n) is 1.96. The van der Waals surface area contributed by atoms with Crippen LogP contribution in [0.5, 0.6) is 11.6 Å². The van der Waals surface area contributed by atoms with Gasteiger partial charge in [0.1, 0.15) is 11.6 Å². The molecule has 0 aliphatic rings. The second kappa shape index (κ2) is 5.74. The smallest absolute Gasteiger partial charge is 0.233 e. The Morgan fingerprint density at radius 2 is 1.83 bits per heavy atom. The summed E-state index contributed by atoms with van der Waals surface area (Å²) in [7, 11) is 0. The van der Waals surface area contributed by atoms with Gasteiger partial charge in [-0.2, -0.15) is 0 Å². The van der Waals surface area contributed by atoms with Gasteiger partial charge in [0.05, 0.1) is 19.0 Å². The summed E-state index contributed by atoms with van der Waals surface area (Å²) in [6.07, 6.45) is 1.43. The molecule has 0 aliphatic heterocycles. The molecule has 94 valence electrons. The Labute approximate surface area is 129 Å². The van der Waals surface area contributed by atoms with Crippen LogP contribution in [0.15, 0.2) is 33.3 Å². The third kappa shape index (κ3) is 3.15. The van der Waals surface area contributed by atoms with Crippen molar-refractivity contribution in [3.05, 3.63) is 49.2 Å². The fourth-order valence-corrected chi connectivity index (χ4v) is 2.60. The number of ether oxygens (including phenoxy) is 1. The van der Waals surface area contributed by atoms with Crippen molar-refractivity contribution in [3.63, 3.8) is 0 Å². The average Bonchev–Trinajstić information content (AvgIpc) is 2.29. The largest absolute Gasteiger partial charge is 0.437 e. The van der Waals surface area contributed by atoms with E-state index in [1.54, 1.807) is 6.07 Å². The van der Waals surface area contributed by atoms with Crippen LogP contribution in [0.3, 0.4) is 0 Å². The maximum Gasteiger partial charge on any atom is 0.233 e. The van der Waals surface area contributed by atoms with Crippen LogP contribution in [0.1, 0.15) is 0 Å². The number of halogens is 5. The normalized spacial score (nSPS) is 10.5. The molecule has 1 heterocycles. The van der Waals surface area contributed by atoms with E-state index in [4.69, 9.17) is 27.9 Å². The molecule has 2 aromatic rings. The highest BCUT2D eigenvalue weighted by atomic mass is 79.9. The van der Waals surface area contributed by atoms with Crippen LogP contribution in [0.4, 0.5) is 4.39 Å². The Kier molecular flexibility index (Phi) is 4.48. The molecule has 2 rings (SSSR count). The maximum absolute atomic E-state index is 13.3. The molecule has 18 heavy (non-hydrogen) atoms. The predicted molar refractivity (Wildman–Crippen MR) is 76.1 cm³/mol. The lowest BCUT2D eigenvalue weighted by atomic mass is 10.3. The first-order valence-electron chi connectivity index (χ1n) is 4.61. The second-order valence-corrected chi connectivity index (χ2v) is 5.79. The first kappa shape index (κ1) is 14.1. The minimum absolute atomic E-state index is 0.0114. The molecule has 0 bridgehead atoms. The lowest BCUT2D eigenvalue weighted by Crippen LogP contribution is -1.91. The highest BCUT2D eigenvalue weighted by molar-refractivity contribution is 9.11. The van der Waals surface area contributed by atoms with E-state index >= 15 is 0 Å². The van der Waals surface area contributed by atoms with Crippen molar-refractivity contribution < 1.29 is 9.13 Å². The molecule has 0 amide bonds. The third-order valence-corrected chi connectivity index (χ3v) is 3.64. The second-order valence-electron chi connectivity index (χ2n) is 3.24. The van der Waals surface area contributed by atoms with E-state index in [1.807, 2.05) is 0 Å². The zero-order valence-electron chi connectivity index (χ0n) is 8.55. The summed E-state index contributed by atoms with van der Waals surface area (Å²) in [6.45, 7) is 0. The van der Waals surface area contributed by atoms with Gasteiger partial charge in [0.25, 0.3) is 0 Å². The summed E-state index contributed by atoms with van der Waals surface area (Å²) in [5.41, 5.74) is 0. The molecule has 0 radical (unpaired) electrons. The summed E-state index contributed by atoms with van der Waals surface area (Å²) in [6, 6.07) is 4.22. The molecule has 0 fully saturated rings. The van der Waals surface area contributed by atoms with Crippen molar-refractivity contribution in [2.75, 3.05) is 0 Å². The molecule has 0 saturated heterocycles. The Balaban J connectivity index is 2.37. The number of rotatable bonds is 2. The van der Waals surface area contributed by atoms with Crippen LogP contribution in [0.2, 0.25) is 10.0 Å². The highest BCUT2D eigenvalue weighted by Gasteiger charge is 2.11. The van der Waals surface area contributed by atoms with Crippen LogP contribution in [0.25, 0.3) is 0 Å². The van der Waals surface area contributed by atoms with Gasteiger partial charge in [-0.3, -0.25) is 0 Å². The van der Waals surface area contributed by atoms with Gasteiger partial charge in [-0.15, -0.1) is 0 Å². The van der Waals surface area contributed by atoms with Crippen molar-refractivity contribution in [2.24, 2.45) is 0 Å². The molecule has 0 atom stereocenters. The van der Waals surface area contributed by atoms with E-state index < -0.39 is 5.82 Å². The zero-order chi connectivity index (χ0) is 13.3. The van der Waals surface area contributed by atoms with E-state index in [0.717, 1.165) is 0 Å². The van der Waals surface area contributed by atoms with Gasteiger partial charge in [-0.05, 0) is 44.0 Å². The van der Waals surface area contributed by atoms with Crippen LogP contribution in [0, 0.1) is 5.82 Å². The number of nitrogens with zero attached hydrogens (tertiary/aromatic N) is 1. The number of hydrogen-bond acceptors (Lipinski definition) is 2. The summed E-state index contributed by atoms with van der Waals surface area (Å²) in [5, 5.41) is 0.480. The molecule has 0 spiro atoms. The SMILES string of the molecule is Fc1cc(Oc2ncc(Cl)cc2Br)c(Br)cc1Cl. The molecular weight excluding hydrogens is 412 g/mol. The average molecular weight is 416 g/mol. The predicted octanol–water partition coefficient (Wildman–Crippen LogP) is 5.84. The van der Waals surface area contributed by atoms with E-state index in [2.05, 4.69) is 36.8 Å². The van der Waals surface area contributed by atoms with Crippen molar-refractivity contribution in [3.8, 4) is 11.6 Å². The first-order valence-corrected chi connectivity index (χ1v) is 6.95.